The van der Waals surface area contributed by atoms with Crippen molar-refractivity contribution in [2.24, 2.45) is 7.05 Å². The fourth-order valence-corrected chi connectivity index (χ4v) is 4.07. The molecule has 0 bridgehead atoms. The first kappa shape index (κ1) is 22.3. The number of nitrogens with one attached hydrogen (secondary N) is 1. The summed E-state index contributed by atoms with van der Waals surface area (Å²) in [6.45, 7) is 4.31. The summed E-state index contributed by atoms with van der Waals surface area (Å²) >= 11 is 0. The number of nitrogens with zero attached hydrogens (tertiary/aromatic N) is 3. The van der Waals surface area contributed by atoms with E-state index in [0.29, 0.717) is 18.5 Å². The Morgan fingerprint density at radius 2 is 1.82 bits per heavy atom. The van der Waals surface area contributed by atoms with Gasteiger partial charge < -0.3 is 14.6 Å². The second-order valence-electron chi connectivity index (χ2n) is 8.13. The second-order valence-corrected chi connectivity index (χ2v) is 8.13. The molecule has 0 fully saturated rings. The number of carbonyl (C=O) groups is 1. The van der Waals surface area contributed by atoms with Crippen molar-refractivity contribution in [1.82, 2.24) is 19.5 Å². The molecule has 0 aliphatic carbocycles. The Bertz CT molecular complexity index is 1380. The number of aromatic nitrogens is 3. The number of amides is 1. The molecule has 0 atom stereocenters. The number of hydrogen-bond donors (Lipinski definition) is 1. The molecule has 0 spiro atoms. The molecular formula is C26H28N4O3. The van der Waals surface area contributed by atoms with E-state index in [-0.39, 0.29) is 17.9 Å². The first-order valence-corrected chi connectivity index (χ1v) is 10.9. The molecule has 4 aromatic rings. The van der Waals surface area contributed by atoms with Gasteiger partial charge in [-0.1, -0.05) is 42.5 Å². The van der Waals surface area contributed by atoms with E-state index in [1.807, 2.05) is 80.1 Å². The molecule has 33 heavy (non-hydrogen) atoms. The zero-order valence-electron chi connectivity index (χ0n) is 19.4. The highest BCUT2D eigenvalue weighted by Gasteiger charge is 2.17. The van der Waals surface area contributed by atoms with Crippen LogP contribution in [0.3, 0.4) is 0 Å². The van der Waals surface area contributed by atoms with Crippen molar-refractivity contribution in [2.75, 3.05) is 7.11 Å². The molecule has 0 saturated heterocycles. The summed E-state index contributed by atoms with van der Waals surface area (Å²) in [7, 11) is 3.52. The molecule has 0 aliphatic heterocycles. The lowest BCUT2D eigenvalue weighted by atomic mass is 10.1. The van der Waals surface area contributed by atoms with E-state index in [1.165, 1.54) is 4.52 Å². The van der Waals surface area contributed by atoms with Crippen LogP contribution in [-0.2, 0) is 24.8 Å². The summed E-state index contributed by atoms with van der Waals surface area (Å²) < 4.78 is 8.73. The molecule has 0 aliphatic rings. The summed E-state index contributed by atoms with van der Waals surface area (Å²) in [5.41, 5.74) is 5.72. The molecule has 4 rings (SSSR count). The molecule has 0 unspecified atom stereocenters. The maximum atomic E-state index is 13.2. The normalized spacial score (nSPS) is 11.0. The van der Waals surface area contributed by atoms with Gasteiger partial charge in [0.2, 0.25) is 5.91 Å². The van der Waals surface area contributed by atoms with E-state index in [4.69, 9.17) is 4.74 Å². The minimum absolute atomic E-state index is 0.122. The highest BCUT2D eigenvalue weighted by Crippen LogP contribution is 2.23. The van der Waals surface area contributed by atoms with Gasteiger partial charge in [-0.2, -0.15) is 9.61 Å². The van der Waals surface area contributed by atoms with Gasteiger partial charge in [-0.05, 0) is 31.9 Å². The Morgan fingerprint density at radius 3 is 2.58 bits per heavy atom. The Hall–Kier alpha value is -3.87. The van der Waals surface area contributed by atoms with Gasteiger partial charge in [-0.25, -0.2) is 0 Å². The van der Waals surface area contributed by atoms with Crippen LogP contribution in [0.1, 0.15) is 28.8 Å². The first-order chi connectivity index (χ1) is 15.9. The number of fused-ring (bicyclic) bond motifs is 1. The van der Waals surface area contributed by atoms with Gasteiger partial charge in [0.15, 0.2) is 0 Å². The number of aryl methyl sites for hydroxylation is 2. The molecule has 0 saturated carbocycles. The van der Waals surface area contributed by atoms with Crippen LogP contribution in [0, 0.1) is 13.8 Å². The standard InChI is InChI=1S/C26H28N4O3/c1-17-9-5-7-11-20(17)22-15-25-29(3)18(2)21(26(32)30(25)28-22)13-14-24(31)27-16-19-10-6-8-12-23(19)33-4/h5-12,15H,13-14,16H2,1-4H3,(H,27,31). The molecule has 2 aromatic carbocycles. The molecule has 0 radical (unpaired) electrons. The lowest BCUT2D eigenvalue weighted by molar-refractivity contribution is -0.121. The van der Waals surface area contributed by atoms with Crippen LogP contribution in [0.5, 0.6) is 5.75 Å². The van der Waals surface area contributed by atoms with E-state index >= 15 is 0 Å². The fourth-order valence-electron chi connectivity index (χ4n) is 4.07. The van der Waals surface area contributed by atoms with Crippen molar-refractivity contribution in [3.05, 3.63) is 87.3 Å². The van der Waals surface area contributed by atoms with Gasteiger partial charge in [-0.15, -0.1) is 0 Å². The number of rotatable bonds is 7. The minimum atomic E-state index is -0.182. The van der Waals surface area contributed by atoms with Crippen molar-refractivity contribution in [1.29, 1.82) is 0 Å². The maximum Gasteiger partial charge on any atom is 0.277 e. The number of ether oxygens (including phenoxy) is 1. The zero-order valence-corrected chi connectivity index (χ0v) is 19.4. The monoisotopic (exact) mass is 444 g/mol. The molecule has 7 nitrogen and oxygen atoms in total. The highest BCUT2D eigenvalue weighted by atomic mass is 16.5. The van der Waals surface area contributed by atoms with Gasteiger partial charge >= 0.3 is 0 Å². The molecule has 7 heteroatoms. The average molecular weight is 445 g/mol. The van der Waals surface area contributed by atoms with E-state index in [2.05, 4.69) is 10.4 Å². The van der Waals surface area contributed by atoms with Crippen LogP contribution in [0.4, 0.5) is 0 Å². The van der Waals surface area contributed by atoms with Crippen molar-refractivity contribution in [2.45, 2.75) is 33.2 Å². The minimum Gasteiger partial charge on any atom is -0.496 e. The number of hydrogen-bond acceptors (Lipinski definition) is 4. The van der Waals surface area contributed by atoms with Crippen molar-refractivity contribution < 1.29 is 9.53 Å². The Labute approximate surface area is 192 Å². The predicted molar refractivity (Wildman–Crippen MR) is 129 cm³/mol. The summed E-state index contributed by atoms with van der Waals surface area (Å²) in [6, 6.07) is 17.5. The SMILES string of the molecule is COc1ccccc1CNC(=O)CCc1c(C)n(C)c2cc(-c3ccccc3C)nn2c1=O. The Morgan fingerprint density at radius 1 is 1.09 bits per heavy atom. The predicted octanol–water partition coefficient (Wildman–Crippen LogP) is 3.57. The fraction of sp³-hybridized carbons (Fsp3) is 0.269. The van der Waals surface area contributed by atoms with Crippen LogP contribution in [0.2, 0.25) is 0 Å². The summed E-state index contributed by atoms with van der Waals surface area (Å²) in [5.74, 6) is 0.611. The molecule has 2 aromatic heterocycles. The van der Waals surface area contributed by atoms with Gasteiger partial charge in [0.25, 0.3) is 5.56 Å². The van der Waals surface area contributed by atoms with Crippen LogP contribution < -0.4 is 15.6 Å². The van der Waals surface area contributed by atoms with Crippen molar-refractivity contribution >= 4 is 11.6 Å². The Kier molecular flexibility index (Phi) is 6.31. The van der Waals surface area contributed by atoms with Crippen LogP contribution in [0.25, 0.3) is 16.9 Å². The summed E-state index contributed by atoms with van der Waals surface area (Å²) in [5, 5.41) is 7.51. The topological polar surface area (TPSA) is 77.6 Å². The third-order valence-electron chi connectivity index (χ3n) is 6.12. The van der Waals surface area contributed by atoms with Crippen LogP contribution >= 0.6 is 0 Å². The zero-order chi connectivity index (χ0) is 23.5. The van der Waals surface area contributed by atoms with Crippen LogP contribution in [0.15, 0.2) is 59.4 Å². The number of carbonyl (C=O) groups excluding carboxylic acids is 1. The van der Waals surface area contributed by atoms with Crippen molar-refractivity contribution in [3.8, 4) is 17.0 Å². The largest absolute Gasteiger partial charge is 0.496 e. The quantitative estimate of drug-likeness (QED) is 0.473. The third-order valence-corrected chi connectivity index (χ3v) is 6.12. The molecule has 2 heterocycles. The molecule has 170 valence electrons. The van der Waals surface area contributed by atoms with E-state index in [0.717, 1.165) is 39.5 Å². The average Bonchev–Trinajstić information content (AvgIpc) is 3.27. The highest BCUT2D eigenvalue weighted by molar-refractivity contribution is 5.76. The third kappa shape index (κ3) is 4.39. The summed E-state index contributed by atoms with van der Waals surface area (Å²) in [6.07, 6.45) is 0.550. The van der Waals surface area contributed by atoms with Crippen LogP contribution in [-0.4, -0.2) is 27.2 Å². The van der Waals surface area contributed by atoms with Gasteiger partial charge in [-0.3, -0.25) is 9.59 Å². The van der Waals surface area contributed by atoms with E-state index in [1.54, 1.807) is 7.11 Å². The van der Waals surface area contributed by atoms with E-state index in [9.17, 15) is 9.59 Å². The number of benzene rings is 2. The lowest BCUT2D eigenvalue weighted by Gasteiger charge is -2.12. The van der Waals surface area contributed by atoms with Crippen molar-refractivity contribution in [3.63, 3.8) is 0 Å². The smallest absolute Gasteiger partial charge is 0.277 e. The van der Waals surface area contributed by atoms with E-state index < -0.39 is 0 Å². The number of methoxy groups -OCH3 is 1. The molecule has 1 N–H and O–H groups in total. The van der Waals surface area contributed by atoms with Gasteiger partial charge in [0.1, 0.15) is 11.4 Å². The van der Waals surface area contributed by atoms with Gasteiger partial charge in [0, 0.05) is 48.5 Å². The molecule has 1 amide bonds. The number of para-hydroxylation sites is 1. The lowest BCUT2D eigenvalue weighted by Crippen LogP contribution is -2.28. The second kappa shape index (κ2) is 9.32. The van der Waals surface area contributed by atoms with Gasteiger partial charge in [0.05, 0.1) is 12.8 Å². The molecular weight excluding hydrogens is 416 g/mol. The first-order valence-electron chi connectivity index (χ1n) is 10.9. The maximum absolute atomic E-state index is 13.2. The summed E-state index contributed by atoms with van der Waals surface area (Å²) in [4.78, 5) is 25.7. The Balaban J connectivity index is 1.55.